The van der Waals surface area contributed by atoms with Gasteiger partial charge in [0, 0.05) is 13.1 Å². The smallest absolute Gasteiger partial charge is 0.351 e. The van der Waals surface area contributed by atoms with Crippen molar-refractivity contribution in [3.8, 4) is 6.07 Å². The van der Waals surface area contributed by atoms with Crippen molar-refractivity contribution in [1.29, 1.82) is 5.26 Å². The highest BCUT2D eigenvalue weighted by Crippen LogP contribution is 2.13. The minimum atomic E-state index is -0.839. The fraction of sp³-hybridized carbons (Fsp3) is 0.500. The molecule has 1 unspecified atom stereocenters. The molecule has 20 heavy (non-hydrogen) atoms. The Morgan fingerprint density at radius 1 is 1.70 bits per heavy atom. The van der Waals surface area contributed by atoms with Gasteiger partial charge >= 0.3 is 5.69 Å². The van der Waals surface area contributed by atoms with E-state index in [0.717, 1.165) is 4.57 Å². The van der Waals surface area contributed by atoms with Crippen LogP contribution in [0.5, 0.6) is 0 Å². The van der Waals surface area contributed by atoms with Gasteiger partial charge in [0.1, 0.15) is 5.82 Å². The van der Waals surface area contributed by atoms with Crippen LogP contribution >= 0.6 is 0 Å². The summed E-state index contributed by atoms with van der Waals surface area (Å²) in [4.78, 5) is 26.4. The minimum Gasteiger partial charge on any atom is -0.394 e. The average molecular weight is 280 g/mol. The first kappa shape index (κ1) is 15.8. The zero-order valence-electron chi connectivity index (χ0n) is 11.2. The monoisotopic (exact) mass is 280 g/mol. The molecule has 0 aliphatic carbocycles. The van der Waals surface area contributed by atoms with Crippen molar-refractivity contribution in [3.05, 3.63) is 22.7 Å². The fourth-order valence-corrected chi connectivity index (χ4v) is 1.48. The van der Waals surface area contributed by atoms with Gasteiger partial charge in [0.2, 0.25) is 5.91 Å². The van der Waals surface area contributed by atoms with Crippen molar-refractivity contribution < 1.29 is 14.6 Å². The van der Waals surface area contributed by atoms with E-state index < -0.39 is 18.0 Å². The summed E-state index contributed by atoms with van der Waals surface area (Å²) in [6, 6.07) is 3.34. The van der Waals surface area contributed by atoms with Gasteiger partial charge in [-0.2, -0.15) is 10.2 Å². The first-order valence-electron chi connectivity index (χ1n) is 5.98. The number of nitrogens with one attached hydrogen (secondary N) is 1. The molecule has 0 saturated carbocycles. The predicted octanol–water partition coefficient (Wildman–Crippen LogP) is 0.0114. The van der Waals surface area contributed by atoms with E-state index in [1.165, 1.54) is 19.2 Å². The predicted molar refractivity (Wildman–Crippen MR) is 69.7 cm³/mol. The number of rotatable bonds is 6. The summed E-state index contributed by atoms with van der Waals surface area (Å²) in [5.41, 5.74) is -0.651. The van der Waals surface area contributed by atoms with E-state index in [1.54, 1.807) is 6.92 Å². The lowest BCUT2D eigenvalue weighted by Crippen LogP contribution is -2.31. The number of carbonyl (C=O) groups excluding carboxylic acids is 1. The Bertz CT molecular complexity index is 563. The van der Waals surface area contributed by atoms with Crippen molar-refractivity contribution in [3.63, 3.8) is 0 Å². The summed E-state index contributed by atoms with van der Waals surface area (Å²) in [7, 11) is 0. The van der Waals surface area contributed by atoms with Crippen molar-refractivity contribution in [2.45, 2.75) is 32.6 Å². The van der Waals surface area contributed by atoms with Gasteiger partial charge in [-0.1, -0.05) is 0 Å². The molecular weight excluding hydrogens is 264 g/mol. The van der Waals surface area contributed by atoms with E-state index in [4.69, 9.17) is 15.1 Å². The molecule has 0 spiro atoms. The Morgan fingerprint density at radius 2 is 2.40 bits per heavy atom. The zero-order valence-corrected chi connectivity index (χ0v) is 11.2. The third kappa shape index (κ3) is 4.46. The number of carbonyl (C=O) groups is 1. The van der Waals surface area contributed by atoms with Crippen LogP contribution in [-0.2, 0) is 9.53 Å². The number of anilines is 1. The van der Waals surface area contributed by atoms with Gasteiger partial charge < -0.3 is 15.2 Å². The molecule has 0 aromatic carbocycles. The van der Waals surface area contributed by atoms with Gasteiger partial charge in [-0.15, -0.1) is 0 Å². The molecule has 2 N–H and O–H groups in total. The molecule has 8 heteroatoms. The fourth-order valence-electron chi connectivity index (χ4n) is 1.48. The molecule has 0 saturated heterocycles. The first-order valence-corrected chi connectivity index (χ1v) is 5.98. The molecule has 1 heterocycles. The van der Waals surface area contributed by atoms with E-state index in [1.807, 2.05) is 6.07 Å². The van der Waals surface area contributed by atoms with Crippen LogP contribution in [0.4, 0.5) is 5.82 Å². The molecule has 0 bridgehead atoms. The van der Waals surface area contributed by atoms with Crippen LogP contribution in [0, 0.1) is 11.3 Å². The second-order valence-electron chi connectivity index (χ2n) is 4.13. The molecule has 1 rings (SSSR count). The van der Waals surface area contributed by atoms with Crippen molar-refractivity contribution >= 4 is 11.7 Å². The highest BCUT2D eigenvalue weighted by molar-refractivity contribution is 5.87. The molecule has 0 aliphatic heterocycles. The number of hydrogen-bond acceptors (Lipinski definition) is 6. The Labute approximate surface area is 115 Å². The summed E-state index contributed by atoms with van der Waals surface area (Å²) in [6.45, 7) is 2.69. The van der Waals surface area contributed by atoms with Crippen molar-refractivity contribution in [2.24, 2.45) is 0 Å². The topological polar surface area (TPSA) is 117 Å². The zero-order chi connectivity index (χ0) is 15.1. The maximum atomic E-state index is 11.9. The number of amides is 1. The Morgan fingerprint density at radius 3 is 2.90 bits per heavy atom. The van der Waals surface area contributed by atoms with Crippen LogP contribution in [0.25, 0.3) is 0 Å². The number of nitrogens with zero attached hydrogens (tertiary/aromatic N) is 3. The summed E-state index contributed by atoms with van der Waals surface area (Å²) in [5.74, 6) is -0.210. The first-order chi connectivity index (χ1) is 9.47. The van der Waals surface area contributed by atoms with Gasteiger partial charge in [-0.05, 0) is 13.0 Å². The lowest BCUT2D eigenvalue weighted by Gasteiger charge is -2.21. The summed E-state index contributed by atoms with van der Waals surface area (Å²) in [5, 5.41) is 20.1. The van der Waals surface area contributed by atoms with E-state index in [9.17, 15) is 9.59 Å². The quantitative estimate of drug-likeness (QED) is 0.758. The number of aliphatic hydroxyl groups is 1. The molecular formula is C12H16N4O4. The Hall–Kier alpha value is -2.24. The maximum Gasteiger partial charge on any atom is 0.351 e. The van der Waals surface area contributed by atoms with E-state index in [0.29, 0.717) is 0 Å². The molecule has 108 valence electrons. The second kappa shape index (κ2) is 7.37. The molecule has 1 amide bonds. The SMILES string of the molecule is CC(=O)Nc1ccn([C@@H](CC#N)OC(C)CO)c(=O)n1. The van der Waals surface area contributed by atoms with Crippen LogP contribution in [0.1, 0.15) is 26.5 Å². The van der Waals surface area contributed by atoms with E-state index in [2.05, 4.69) is 10.3 Å². The normalized spacial score (nSPS) is 13.3. The maximum absolute atomic E-state index is 11.9. The van der Waals surface area contributed by atoms with E-state index >= 15 is 0 Å². The van der Waals surface area contributed by atoms with Gasteiger partial charge in [-0.25, -0.2) is 4.79 Å². The van der Waals surface area contributed by atoms with Crippen LogP contribution in [0.3, 0.4) is 0 Å². The third-order valence-electron chi connectivity index (χ3n) is 2.36. The lowest BCUT2D eigenvalue weighted by atomic mass is 10.3. The minimum absolute atomic E-state index is 0.0641. The third-order valence-corrected chi connectivity index (χ3v) is 2.36. The van der Waals surface area contributed by atoms with Gasteiger partial charge in [0.15, 0.2) is 6.23 Å². The number of aliphatic hydroxyl groups excluding tert-OH is 1. The van der Waals surface area contributed by atoms with Crippen LogP contribution < -0.4 is 11.0 Å². The average Bonchev–Trinajstić information content (AvgIpc) is 2.37. The molecule has 1 aromatic rings. The summed E-state index contributed by atoms with van der Waals surface area (Å²) < 4.78 is 6.53. The molecule has 1 aromatic heterocycles. The molecule has 0 fully saturated rings. The Balaban J connectivity index is 3.00. The molecule has 2 atom stereocenters. The van der Waals surface area contributed by atoms with Crippen molar-refractivity contribution in [1.82, 2.24) is 9.55 Å². The molecule has 0 aliphatic rings. The van der Waals surface area contributed by atoms with Gasteiger partial charge in [-0.3, -0.25) is 9.36 Å². The standard InChI is InChI=1S/C12H16N4O4/c1-8(7-17)20-11(3-5-13)16-6-4-10(14-9(2)18)15-12(16)19/h4,6,8,11,17H,3,7H2,1-2H3,(H,14,15,18,19)/t8?,11-/m1/s1. The van der Waals surface area contributed by atoms with Gasteiger partial charge in [0.25, 0.3) is 0 Å². The largest absolute Gasteiger partial charge is 0.394 e. The molecule has 8 nitrogen and oxygen atoms in total. The van der Waals surface area contributed by atoms with Crippen LogP contribution in [0.15, 0.2) is 17.1 Å². The van der Waals surface area contributed by atoms with Gasteiger partial charge in [0.05, 0.1) is 25.2 Å². The summed E-state index contributed by atoms with van der Waals surface area (Å²) >= 11 is 0. The lowest BCUT2D eigenvalue weighted by molar-refractivity contribution is -0.114. The highest BCUT2D eigenvalue weighted by atomic mass is 16.5. The van der Waals surface area contributed by atoms with Crippen LogP contribution in [0.2, 0.25) is 0 Å². The number of nitriles is 1. The number of aromatic nitrogens is 2. The molecule has 0 radical (unpaired) electrons. The number of ether oxygens (including phenoxy) is 1. The van der Waals surface area contributed by atoms with Crippen LogP contribution in [-0.4, -0.2) is 33.3 Å². The summed E-state index contributed by atoms with van der Waals surface area (Å²) in [6.07, 6.45) is -0.0400. The van der Waals surface area contributed by atoms with Crippen molar-refractivity contribution in [2.75, 3.05) is 11.9 Å². The second-order valence-corrected chi connectivity index (χ2v) is 4.13. The Kier molecular flexibility index (Phi) is 5.83. The highest BCUT2D eigenvalue weighted by Gasteiger charge is 2.16. The number of hydrogen-bond donors (Lipinski definition) is 2. The van der Waals surface area contributed by atoms with E-state index in [-0.39, 0.29) is 24.8 Å².